The summed E-state index contributed by atoms with van der Waals surface area (Å²) in [6.07, 6.45) is 12.8. The number of carbonyl (C=O) groups is 1. The van der Waals surface area contributed by atoms with Crippen molar-refractivity contribution in [3.63, 3.8) is 0 Å². The highest BCUT2D eigenvalue weighted by molar-refractivity contribution is 5.91. The van der Waals surface area contributed by atoms with Gasteiger partial charge in [-0.3, -0.25) is 10.2 Å². The molecule has 8 nitrogen and oxygen atoms in total. The van der Waals surface area contributed by atoms with Gasteiger partial charge >= 0.3 is 6.09 Å². The van der Waals surface area contributed by atoms with Crippen LogP contribution in [0.1, 0.15) is 58.3 Å². The predicted octanol–water partition coefficient (Wildman–Crippen LogP) is 6.71. The van der Waals surface area contributed by atoms with E-state index in [0.717, 1.165) is 81.4 Å². The van der Waals surface area contributed by atoms with Crippen LogP contribution in [0.4, 0.5) is 16.4 Å². The zero-order valence-electron chi connectivity index (χ0n) is 25.8. The van der Waals surface area contributed by atoms with Gasteiger partial charge in [0.2, 0.25) is 5.95 Å². The molecule has 2 saturated heterocycles. The molecule has 1 N–H and O–H groups in total. The second-order valence-electron chi connectivity index (χ2n) is 12.2. The van der Waals surface area contributed by atoms with E-state index < -0.39 is 5.60 Å². The number of ether oxygens (including phenoxy) is 1. The zero-order valence-corrected chi connectivity index (χ0v) is 25.8. The lowest BCUT2D eigenvalue weighted by molar-refractivity contribution is -0.0163. The fourth-order valence-electron chi connectivity index (χ4n) is 6.18. The van der Waals surface area contributed by atoms with E-state index in [1.54, 1.807) is 0 Å². The Labute approximate surface area is 257 Å². The molecule has 0 spiro atoms. The second-order valence-corrected chi connectivity index (χ2v) is 12.2. The quantitative estimate of drug-likeness (QED) is 0.224. The van der Waals surface area contributed by atoms with E-state index in [9.17, 15) is 4.79 Å². The number of piperidine rings is 1. The number of amides is 1. The summed E-state index contributed by atoms with van der Waals surface area (Å²) >= 11 is 0. The number of para-hydroxylation sites is 1. The van der Waals surface area contributed by atoms with Gasteiger partial charge in [-0.15, -0.1) is 0 Å². The summed E-state index contributed by atoms with van der Waals surface area (Å²) in [4.78, 5) is 29.0. The van der Waals surface area contributed by atoms with E-state index in [2.05, 4.69) is 49.0 Å². The first-order chi connectivity index (χ1) is 21.1. The standard InChI is InChI=1S/C35H48N6O2/c1-35(43-34(42)38-32-17-10-9-16-31(32)30-14-7-6-8-15-30)18-24-39(25-19-35)22-11-4-2-3-5-12-23-40-26-28-41(29-27-40)33-36-20-13-21-37-33/h6-10,13-17,20-21H,2-5,11-12,18-19,22-29H2,1H3,(H,38,42). The SMILES string of the molecule is CC1(OC(=O)Nc2ccccc2-c2ccccc2)CCN(CCCCCCCCN2CCN(c3ncccn3)CC2)CC1. The summed E-state index contributed by atoms with van der Waals surface area (Å²) in [5.74, 6) is 0.859. The van der Waals surface area contributed by atoms with Crippen molar-refractivity contribution in [2.45, 2.75) is 63.9 Å². The van der Waals surface area contributed by atoms with Crippen LogP contribution in [0, 0.1) is 0 Å². The van der Waals surface area contributed by atoms with Crippen LogP contribution < -0.4 is 10.2 Å². The summed E-state index contributed by atoms with van der Waals surface area (Å²) < 4.78 is 5.98. The van der Waals surface area contributed by atoms with Crippen LogP contribution >= 0.6 is 0 Å². The molecule has 0 atom stereocenters. The van der Waals surface area contributed by atoms with Crippen molar-refractivity contribution in [1.29, 1.82) is 0 Å². The van der Waals surface area contributed by atoms with Crippen LogP contribution in [0.5, 0.6) is 0 Å². The number of likely N-dealkylation sites (tertiary alicyclic amines) is 1. The Morgan fingerprint density at radius 3 is 2.00 bits per heavy atom. The minimum Gasteiger partial charge on any atom is -0.443 e. The van der Waals surface area contributed by atoms with E-state index >= 15 is 0 Å². The average Bonchev–Trinajstić information content (AvgIpc) is 3.04. The molecule has 8 heteroatoms. The fourth-order valence-corrected chi connectivity index (χ4v) is 6.18. The summed E-state index contributed by atoms with van der Waals surface area (Å²) in [7, 11) is 0. The molecule has 2 aliphatic heterocycles. The molecule has 0 saturated carbocycles. The van der Waals surface area contributed by atoms with E-state index in [0.29, 0.717) is 0 Å². The lowest BCUT2D eigenvalue weighted by Crippen LogP contribution is -2.47. The van der Waals surface area contributed by atoms with E-state index in [-0.39, 0.29) is 6.09 Å². The molecule has 43 heavy (non-hydrogen) atoms. The third kappa shape index (κ3) is 9.50. The smallest absolute Gasteiger partial charge is 0.412 e. The molecule has 0 radical (unpaired) electrons. The summed E-state index contributed by atoms with van der Waals surface area (Å²) in [5.41, 5.74) is 2.41. The Bertz CT molecular complexity index is 1240. The van der Waals surface area contributed by atoms with Crippen LogP contribution in [0.2, 0.25) is 0 Å². The normalized spacial score (nSPS) is 17.5. The third-order valence-corrected chi connectivity index (χ3v) is 8.91. The van der Waals surface area contributed by atoms with E-state index in [1.165, 1.54) is 45.1 Å². The molecular formula is C35H48N6O2. The molecule has 3 aromatic rings. The van der Waals surface area contributed by atoms with Gasteiger partial charge in [-0.2, -0.15) is 0 Å². The molecule has 230 valence electrons. The molecule has 3 heterocycles. The fraction of sp³-hybridized carbons (Fsp3) is 0.514. The van der Waals surface area contributed by atoms with Gasteiger partial charge in [0, 0.05) is 57.2 Å². The minimum atomic E-state index is -0.426. The first-order valence-corrected chi connectivity index (χ1v) is 16.2. The van der Waals surface area contributed by atoms with Crippen LogP contribution in [-0.4, -0.2) is 83.8 Å². The third-order valence-electron chi connectivity index (χ3n) is 8.91. The summed E-state index contributed by atoms with van der Waals surface area (Å²) in [5, 5.41) is 3.00. The number of rotatable bonds is 13. The zero-order chi connectivity index (χ0) is 29.7. The van der Waals surface area contributed by atoms with Crippen LogP contribution in [0.25, 0.3) is 11.1 Å². The number of aromatic nitrogens is 2. The number of anilines is 2. The van der Waals surface area contributed by atoms with Gasteiger partial charge in [0.15, 0.2) is 0 Å². The Morgan fingerprint density at radius 2 is 1.33 bits per heavy atom. The number of piperazine rings is 1. The van der Waals surface area contributed by atoms with E-state index in [1.807, 2.05) is 60.9 Å². The van der Waals surface area contributed by atoms with Crippen molar-refractivity contribution in [2.24, 2.45) is 0 Å². The number of hydrogen-bond donors (Lipinski definition) is 1. The molecular weight excluding hydrogens is 536 g/mol. The van der Waals surface area contributed by atoms with Crippen molar-refractivity contribution in [3.8, 4) is 11.1 Å². The highest BCUT2D eigenvalue weighted by Gasteiger charge is 2.33. The lowest BCUT2D eigenvalue weighted by Gasteiger charge is -2.38. The maximum Gasteiger partial charge on any atom is 0.412 e. The first-order valence-electron chi connectivity index (χ1n) is 16.2. The molecule has 2 aromatic carbocycles. The van der Waals surface area contributed by atoms with Gasteiger partial charge in [-0.05, 0) is 63.4 Å². The van der Waals surface area contributed by atoms with Crippen molar-refractivity contribution in [3.05, 3.63) is 73.1 Å². The number of carbonyl (C=O) groups excluding carboxylic acids is 1. The summed E-state index contributed by atoms with van der Waals surface area (Å²) in [6, 6.07) is 19.9. The van der Waals surface area contributed by atoms with Gasteiger partial charge in [-0.1, -0.05) is 74.2 Å². The molecule has 2 aliphatic rings. The molecule has 0 unspecified atom stereocenters. The topological polar surface area (TPSA) is 73.8 Å². The van der Waals surface area contributed by atoms with Crippen LogP contribution in [0.3, 0.4) is 0 Å². The van der Waals surface area contributed by atoms with Crippen molar-refractivity contribution in [1.82, 2.24) is 19.8 Å². The molecule has 1 amide bonds. The van der Waals surface area contributed by atoms with Crippen molar-refractivity contribution < 1.29 is 9.53 Å². The van der Waals surface area contributed by atoms with E-state index in [4.69, 9.17) is 4.74 Å². The lowest BCUT2D eigenvalue weighted by atomic mass is 9.93. The number of nitrogens with one attached hydrogen (secondary N) is 1. The summed E-state index contributed by atoms with van der Waals surface area (Å²) in [6.45, 7) is 10.6. The Hall–Kier alpha value is -3.49. The second kappa shape index (κ2) is 15.8. The van der Waals surface area contributed by atoms with Crippen LogP contribution in [-0.2, 0) is 4.74 Å². The number of hydrogen-bond acceptors (Lipinski definition) is 7. The molecule has 2 fully saturated rings. The van der Waals surface area contributed by atoms with Gasteiger partial charge in [0.05, 0.1) is 5.69 Å². The maximum absolute atomic E-state index is 12.9. The predicted molar refractivity (Wildman–Crippen MR) is 174 cm³/mol. The molecule has 5 rings (SSSR count). The Morgan fingerprint density at radius 1 is 0.744 bits per heavy atom. The van der Waals surface area contributed by atoms with Gasteiger partial charge in [-0.25, -0.2) is 14.8 Å². The molecule has 0 bridgehead atoms. The van der Waals surface area contributed by atoms with Crippen molar-refractivity contribution in [2.75, 3.05) is 62.6 Å². The minimum absolute atomic E-state index is 0.372. The maximum atomic E-state index is 12.9. The van der Waals surface area contributed by atoms with Crippen molar-refractivity contribution >= 4 is 17.7 Å². The van der Waals surface area contributed by atoms with Gasteiger partial charge in [0.1, 0.15) is 5.60 Å². The number of benzene rings is 2. The average molecular weight is 585 g/mol. The number of unbranched alkanes of at least 4 members (excludes halogenated alkanes) is 5. The van der Waals surface area contributed by atoms with Gasteiger partial charge in [0.25, 0.3) is 0 Å². The monoisotopic (exact) mass is 584 g/mol. The highest BCUT2D eigenvalue weighted by atomic mass is 16.6. The first kappa shape index (κ1) is 31.0. The Balaban J connectivity index is 0.903. The molecule has 1 aromatic heterocycles. The molecule has 0 aliphatic carbocycles. The Kier molecular flexibility index (Phi) is 11.4. The van der Waals surface area contributed by atoms with Gasteiger partial charge < -0.3 is 14.5 Å². The largest absolute Gasteiger partial charge is 0.443 e. The number of nitrogens with zero attached hydrogens (tertiary/aromatic N) is 5. The van der Waals surface area contributed by atoms with Crippen LogP contribution in [0.15, 0.2) is 73.1 Å². The highest BCUT2D eigenvalue weighted by Crippen LogP contribution is 2.30.